The Balaban J connectivity index is 1.81. The summed E-state index contributed by atoms with van der Waals surface area (Å²) < 4.78 is 5.95. The van der Waals surface area contributed by atoms with Crippen LogP contribution in [0.2, 0.25) is 5.02 Å². The first-order valence-corrected chi connectivity index (χ1v) is 7.52. The van der Waals surface area contributed by atoms with E-state index in [0.717, 1.165) is 37.9 Å². The van der Waals surface area contributed by atoms with Crippen molar-refractivity contribution < 1.29 is 9.84 Å². The van der Waals surface area contributed by atoms with Gasteiger partial charge in [-0.25, -0.2) is 0 Å². The summed E-state index contributed by atoms with van der Waals surface area (Å²) in [6, 6.07) is 7.57. The van der Waals surface area contributed by atoms with Gasteiger partial charge in [0.25, 0.3) is 0 Å². The molecule has 0 aromatic heterocycles. The molecule has 1 saturated heterocycles. The van der Waals surface area contributed by atoms with Gasteiger partial charge in [-0.05, 0) is 62.6 Å². The minimum atomic E-state index is -0.795. The van der Waals surface area contributed by atoms with Gasteiger partial charge < -0.3 is 9.84 Å². The van der Waals surface area contributed by atoms with E-state index >= 15 is 0 Å². The Kier molecular flexibility index (Phi) is 3.36. The Labute approximate surface area is 119 Å². The summed E-state index contributed by atoms with van der Waals surface area (Å²) >= 11 is 5.92. The summed E-state index contributed by atoms with van der Waals surface area (Å²) in [6.45, 7) is 2.70. The van der Waals surface area contributed by atoms with Crippen molar-refractivity contribution in [2.24, 2.45) is 5.92 Å². The van der Waals surface area contributed by atoms with Crippen LogP contribution in [0.5, 0.6) is 0 Å². The van der Waals surface area contributed by atoms with Crippen molar-refractivity contribution >= 4 is 11.6 Å². The molecule has 1 N–H and O–H groups in total. The molecule has 3 rings (SSSR count). The van der Waals surface area contributed by atoms with Crippen molar-refractivity contribution in [2.75, 3.05) is 6.61 Å². The Bertz CT molecular complexity index is 448. The van der Waals surface area contributed by atoms with E-state index in [4.69, 9.17) is 16.3 Å². The number of ether oxygens (including phenoxy) is 1. The van der Waals surface area contributed by atoms with E-state index in [1.54, 1.807) is 0 Å². The van der Waals surface area contributed by atoms with Crippen LogP contribution in [-0.4, -0.2) is 17.3 Å². The van der Waals surface area contributed by atoms with E-state index in [1.165, 1.54) is 6.42 Å². The highest BCUT2D eigenvalue weighted by molar-refractivity contribution is 6.30. The predicted octanol–water partition coefficient (Wildman–Crippen LogP) is 3.90. The fourth-order valence-corrected chi connectivity index (χ4v) is 3.58. The minimum Gasteiger partial charge on any atom is -0.385 e. The molecule has 2 aliphatic rings. The molecule has 0 bridgehead atoms. The second-order valence-corrected chi connectivity index (χ2v) is 6.67. The van der Waals surface area contributed by atoms with Crippen LogP contribution < -0.4 is 0 Å². The zero-order chi connectivity index (χ0) is 13.5. The lowest BCUT2D eigenvalue weighted by atomic mass is 9.67. The van der Waals surface area contributed by atoms with E-state index in [1.807, 2.05) is 31.2 Å². The van der Waals surface area contributed by atoms with Crippen LogP contribution in [0.1, 0.15) is 44.6 Å². The third-order valence-electron chi connectivity index (χ3n) is 4.98. The number of aliphatic hydroxyl groups is 1. The fraction of sp³-hybridized carbons (Fsp3) is 0.625. The van der Waals surface area contributed by atoms with Crippen LogP contribution in [-0.2, 0) is 10.3 Å². The lowest BCUT2D eigenvalue weighted by molar-refractivity contribution is -0.174. The summed E-state index contributed by atoms with van der Waals surface area (Å²) in [6.07, 6.45) is 5.47. The second-order valence-electron chi connectivity index (χ2n) is 6.23. The van der Waals surface area contributed by atoms with Crippen LogP contribution in [0.4, 0.5) is 0 Å². The number of hydrogen-bond donors (Lipinski definition) is 1. The number of rotatable bonds is 2. The topological polar surface area (TPSA) is 29.5 Å². The molecular weight excluding hydrogens is 260 g/mol. The van der Waals surface area contributed by atoms with Crippen molar-refractivity contribution in [1.82, 2.24) is 0 Å². The molecule has 19 heavy (non-hydrogen) atoms. The molecule has 1 saturated carbocycles. The molecule has 1 aliphatic heterocycles. The molecule has 2 atom stereocenters. The van der Waals surface area contributed by atoms with E-state index in [9.17, 15) is 5.11 Å². The highest BCUT2D eigenvalue weighted by atomic mass is 35.5. The molecule has 0 radical (unpaired) electrons. The van der Waals surface area contributed by atoms with Crippen LogP contribution in [0.3, 0.4) is 0 Å². The molecule has 1 heterocycles. The summed E-state index contributed by atoms with van der Waals surface area (Å²) in [5.41, 5.74) is 0.231. The van der Waals surface area contributed by atoms with E-state index in [2.05, 4.69) is 0 Å². The van der Waals surface area contributed by atoms with Gasteiger partial charge in [-0.3, -0.25) is 0 Å². The Hall–Kier alpha value is -0.570. The van der Waals surface area contributed by atoms with Gasteiger partial charge in [0.05, 0.1) is 11.2 Å². The summed E-state index contributed by atoms with van der Waals surface area (Å²) in [5.74, 6) is 0.266. The monoisotopic (exact) mass is 280 g/mol. The zero-order valence-corrected chi connectivity index (χ0v) is 12.1. The highest BCUT2D eigenvalue weighted by Gasteiger charge is 2.47. The van der Waals surface area contributed by atoms with Gasteiger partial charge in [-0.15, -0.1) is 0 Å². The number of hydrogen-bond acceptors (Lipinski definition) is 2. The number of benzene rings is 1. The smallest absolute Gasteiger partial charge is 0.0898 e. The number of halogens is 1. The van der Waals surface area contributed by atoms with Gasteiger partial charge in [0, 0.05) is 11.6 Å². The SMILES string of the molecule is CC(O)(c1ccc(Cl)cc1)C1CCOC2(CCC2)C1. The van der Waals surface area contributed by atoms with Crippen molar-refractivity contribution in [3.63, 3.8) is 0 Å². The van der Waals surface area contributed by atoms with Gasteiger partial charge in [0.15, 0.2) is 0 Å². The first-order valence-electron chi connectivity index (χ1n) is 7.14. The predicted molar refractivity (Wildman–Crippen MR) is 76.3 cm³/mol. The molecule has 2 nitrogen and oxygen atoms in total. The Morgan fingerprint density at radius 2 is 2.00 bits per heavy atom. The van der Waals surface area contributed by atoms with Gasteiger partial charge in [-0.1, -0.05) is 23.7 Å². The molecule has 1 aliphatic carbocycles. The standard InChI is InChI=1S/C16H21ClO2/c1-15(18,12-3-5-14(17)6-4-12)13-7-10-19-16(11-13)8-2-9-16/h3-6,13,18H,2,7-11H2,1H3. The molecule has 1 aromatic rings. The van der Waals surface area contributed by atoms with Gasteiger partial charge >= 0.3 is 0 Å². The van der Waals surface area contributed by atoms with Crippen LogP contribution in [0.25, 0.3) is 0 Å². The van der Waals surface area contributed by atoms with Crippen molar-refractivity contribution in [1.29, 1.82) is 0 Å². The summed E-state index contributed by atoms with van der Waals surface area (Å²) in [5, 5.41) is 11.7. The first-order chi connectivity index (χ1) is 9.02. The molecule has 2 unspecified atom stereocenters. The highest BCUT2D eigenvalue weighted by Crippen LogP contribution is 2.48. The molecule has 2 fully saturated rings. The molecule has 104 valence electrons. The third-order valence-corrected chi connectivity index (χ3v) is 5.23. The second kappa shape index (κ2) is 4.76. The van der Waals surface area contributed by atoms with Crippen LogP contribution >= 0.6 is 11.6 Å². The lowest BCUT2D eigenvalue weighted by Gasteiger charge is -2.50. The van der Waals surface area contributed by atoms with E-state index < -0.39 is 5.60 Å². The summed E-state index contributed by atoms with van der Waals surface area (Å²) in [4.78, 5) is 0. The van der Waals surface area contributed by atoms with Gasteiger partial charge in [-0.2, -0.15) is 0 Å². The summed E-state index contributed by atoms with van der Waals surface area (Å²) in [7, 11) is 0. The Morgan fingerprint density at radius 3 is 2.58 bits per heavy atom. The maximum atomic E-state index is 11.0. The average Bonchev–Trinajstić information content (AvgIpc) is 2.37. The molecule has 0 amide bonds. The fourth-order valence-electron chi connectivity index (χ4n) is 3.45. The van der Waals surface area contributed by atoms with Crippen molar-refractivity contribution in [3.05, 3.63) is 34.9 Å². The first kappa shape index (κ1) is 13.4. The molecule has 1 spiro atoms. The van der Waals surface area contributed by atoms with Gasteiger partial charge in [0.2, 0.25) is 0 Å². The molecule has 3 heteroatoms. The zero-order valence-electron chi connectivity index (χ0n) is 11.4. The minimum absolute atomic E-state index is 0.0688. The Morgan fingerprint density at radius 1 is 1.32 bits per heavy atom. The lowest BCUT2D eigenvalue weighted by Crippen LogP contribution is -2.49. The van der Waals surface area contributed by atoms with E-state index in [0.29, 0.717) is 5.02 Å². The van der Waals surface area contributed by atoms with E-state index in [-0.39, 0.29) is 11.5 Å². The third kappa shape index (κ3) is 2.42. The maximum absolute atomic E-state index is 11.0. The normalized spacial score (nSPS) is 28.7. The average molecular weight is 281 g/mol. The largest absolute Gasteiger partial charge is 0.385 e. The van der Waals surface area contributed by atoms with Crippen molar-refractivity contribution in [3.8, 4) is 0 Å². The van der Waals surface area contributed by atoms with Gasteiger partial charge in [0.1, 0.15) is 0 Å². The molecule has 1 aromatic carbocycles. The quantitative estimate of drug-likeness (QED) is 0.890. The maximum Gasteiger partial charge on any atom is 0.0898 e. The van der Waals surface area contributed by atoms with Crippen LogP contribution in [0.15, 0.2) is 24.3 Å². The molecular formula is C16H21ClO2. The van der Waals surface area contributed by atoms with Crippen LogP contribution in [0, 0.1) is 5.92 Å². The van der Waals surface area contributed by atoms with Crippen molar-refractivity contribution in [2.45, 2.75) is 50.2 Å².